The average Bonchev–Trinajstić information content (AvgIpc) is 2.73. The van der Waals surface area contributed by atoms with Crippen LogP contribution in [0.5, 0.6) is 11.5 Å². The summed E-state index contributed by atoms with van der Waals surface area (Å²) in [4.78, 5) is 27.9. The number of carboxylic acids is 1. The van der Waals surface area contributed by atoms with Gasteiger partial charge in [0, 0.05) is 10.8 Å². The number of nitrogens with zero attached hydrogens (tertiary/aromatic N) is 1. The molecule has 1 heterocycles. The largest absolute Gasteiger partial charge is 0.505 e. The molecule has 1 atom stereocenters. The Bertz CT molecular complexity index is 1090. The predicted octanol–water partition coefficient (Wildman–Crippen LogP) is 4.01. The summed E-state index contributed by atoms with van der Waals surface area (Å²) in [6.45, 7) is 3.65. The van der Waals surface area contributed by atoms with Crippen LogP contribution in [0.3, 0.4) is 0 Å². The van der Waals surface area contributed by atoms with Gasteiger partial charge in [0.1, 0.15) is 23.6 Å². The molecule has 156 valence electrons. The first kappa shape index (κ1) is 21.4. The quantitative estimate of drug-likeness (QED) is 0.490. The Morgan fingerprint density at radius 2 is 1.83 bits per heavy atom. The Balaban J connectivity index is 1.92. The van der Waals surface area contributed by atoms with Crippen LogP contribution >= 0.6 is 11.6 Å². The number of aromatic hydroxyl groups is 1. The maximum atomic E-state index is 12.6. The molecule has 0 bridgehead atoms. The summed E-state index contributed by atoms with van der Waals surface area (Å²) in [7, 11) is 0. The molecule has 3 N–H and O–H groups in total. The maximum absolute atomic E-state index is 12.6. The van der Waals surface area contributed by atoms with Gasteiger partial charge in [0.15, 0.2) is 11.4 Å². The van der Waals surface area contributed by atoms with Crippen LogP contribution < -0.4 is 10.1 Å². The van der Waals surface area contributed by atoms with E-state index in [0.717, 1.165) is 5.56 Å². The van der Waals surface area contributed by atoms with E-state index < -0.39 is 23.7 Å². The average molecular weight is 429 g/mol. The summed E-state index contributed by atoms with van der Waals surface area (Å²) in [5.41, 5.74) is 0.627. The van der Waals surface area contributed by atoms with E-state index in [9.17, 15) is 19.8 Å². The molecular weight excluding hydrogens is 408 g/mol. The molecule has 0 saturated carbocycles. The highest BCUT2D eigenvalue weighted by molar-refractivity contribution is 6.35. The standard InChI is InChI=1S/C22H21ClN2O5/c1-12(2)17(22(28)29)25-21(27)18-19(26)16-10-14(8-9-15(16)20(23)24-18)30-11-13-6-4-3-5-7-13/h3-10,12,17,26H,11H2,1-2H3,(H,25,27)(H,28,29). The maximum Gasteiger partial charge on any atom is 0.326 e. The number of aliphatic carboxylic acids is 1. The molecule has 1 amide bonds. The molecule has 0 aliphatic rings. The van der Waals surface area contributed by atoms with Crippen LogP contribution in [0.4, 0.5) is 0 Å². The number of hydrogen-bond donors (Lipinski definition) is 3. The summed E-state index contributed by atoms with van der Waals surface area (Å²) in [5, 5.41) is 23.1. The van der Waals surface area contributed by atoms with E-state index in [1.165, 1.54) is 0 Å². The van der Waals surface area contributed by atoms with E-state index in [4.69, 9.17) is 16.3 Å². The van der Waals surface area contributed by atoms with Crippen LogP contribution in [0.1, 0.15) is 29.9 Å². The van der Waals surface area contributed by atoms with E-state index in [0.29, 0.717) is 17.7 Å². The van der Waals surface area contributed by atoms with Crippen LogP contribution in [-0.4, -0.2) is 33.1 Å². The summed E-state index contributed by atoms with van der Waals surface area (Å²) >= 11 is 6.21. The number of carbonyl (C=O) groups excluding carboxylic acids is 1. The normalized spacial score (nSPS) is 12.0. The molecule has 8 heteroatoms. The van der Waals surface area contributed by atoms with Gasteiger partial charge in [-0.05, 0) is 29.7 Å². The number of carbonyl (C=O) groups is 2. The number of rotatable bonds is 7. The van der Waals surface area contributed by atoms with E-state index >= 15 is 0 Å². The Labute approximate surface area is 178 Å². The van der Waals surface area contributed by atoms with Crippen molar-refractivity contribution in [3.8, 4) is 11.5 Å². The zero-order chi connectivity index (χ0) is 21.8. The third-order valence-electron chi connectivity index (χ3n) is 4.59. The van der Waals surface area contributed by atoms with Gasteiger partial charge in [-0.2, -0.15) is 0 Å². The van der Waals surface area contributed by atoms with E-state index in [-0.39, 0.29) is 22.2 Å². The van der Waals surface area contributed by atoms with Gasteiger partial charge in [0.2, 0.25) is 0 Å². The highest BCUT2D eigenvalue weighted by atomic mass is 35.5. The Kier molecular flexibility index (Phi) is 6.42. The Hall–Kier alpha value is -3.32. The molecule has 1 aromatic heterocycles. The first-order chi connectivity index (χ1) is 14.3. The third kappa shape index (κ3) is 4.63. The topological polar surface area (TPSA) is 109 Å². The van der Waals surface area contributed by atoms with Crippen molar-refractivity contribution in [3.63, 3.8) is 0 Å². The number of nitrogens with one attached hydrogen (secondary N) is 1. The van der Waals surface area contributed by atoms with Crippen LogP contribution in [0.2, 0.25) is 5.15 Å². The molecule has 0 aliphatic heterocycles. The lowest BCUT2D eigenvalue weighted by molar-refractivity contribution is -0.140. The van der Waals surface area contributed by atoms with Crippen LogP contribution in [0, 0.1) is 5.92 Å². The first-order valence-corrected chi connectivity index (χ1v) is 9.68. The number of amides is 1. The smallest absolute Gasteiger partial charge is 0.326 e. The van der Waals surface area contributed by atoms with Gasteiger partial charge >= 0.3 is 5.97 Å². The number of halogens is 1. The molecule has 3 aromatic rings. The molecule has 30 heavy (non-hydrogen) atoms. The van der Waals surface area contributed by atoms with Gasteiger partial charge in [-0.25, -0.2) is 9.78 Å². The lowest BCUT2D eigenvalue weighted by Crippen LogP contribution is -2.44. The second-order valence-electron chi connectivity index (χ2n) is 7.11. The molecule has 1 unspecified atom stereocenters. The zero-order valence-electron chi connectivity index (χ0n) is 16.4. The number of carboxylic acid groups (broad SMARTS) is 1. The number of ether oxygens (including phenoxy) is 1. The number of pyridine rings is 1. The van der Waals surface area contributed by atoms with Gasteiger partial charge in [0.05, 0.1) is 0 Å². The van der Waals surface area contributed by atoms with E-state index in [2.05, 4.69) is 10.3 Å². The van der Waals surface area contributed by atoms with Gasteiger partial charge in [0.25, 0.3) is 5.91 Å². The van der Waals surface area contributed by atoms with Crippen molar-refractivity contribution in [2.24, 2.45) is 5.92 Å². The molecule has 0 aliphatic carbocycles. The van der Waals surface area contributed by atoms with Crippen molar-refractivity contribution in [3.05, 3.63) is 64.9 Å². The highest BCUT2D eigenvalue weighted by Gasteiger charge is 2.27. The zero-order valence-corrected chi connectivity index (χ0v) is 17.2. The first-order valence-electron chi connectivity index (χ1n) is 9.30. The summed E-state index contributed by atoms with van der Waals surface area (Å²) < 4.78 is 5.77. The molecular formula is C22H21ClN2O5. The minimum Gasteiger partial charge on any atom is -0.505 e. The van der Waals surface area contributed by atoms with Gasteiger partial charge in [-0.3, -0.25) is 4.79 Å². The molecule has 0 spiro atoms. The van der Waals surface area contributed by atoms with Crippen molar-refractivity contribution >= 4 is 34.2 Å². The number of aromatic nitrogens is 1. The fourth-order valence-electron chi connectivity index (χ4n) is 2.95. The van der Waals surface area contributed by atoms with Crippen LogP contribution in [0.15, 0.2) is 48.5 Å². The summed E-state index contributed by atoms with van der Waals surface area (Å²) in [6, 6.07) is 13.3. The monoisotopic (exact) mass is 428 g/mol. The Morgan fingerprint density at radius 3 is 2.47 bits per heavy atom. The lowest BCUT2D eigenvalue weighted by atomic mass is 10.0. The van der Waals surface area contributed by atoms with Gasteiger partial charge in [-0.15, -0.1) is 0 Å². The van der Waals surface area contributed by atoms with Crippen molar-refractivity contribution < 1.29 is 24.5 Å². The number of benzene rings is 2. The van der Waals surface area contributed by atoms with Gasteiger partial charge in [-0.1, -0.05) is 55.8 Å². The minimum atomic E-state index is -1.18. The number of fused-ring (bicyclic) bond motifs is 1. The molecule has 0 fully saturated rings. The lowest BCUT2D eigenvalue weighted by Gasteiger charge is -2.18. The fraction of sp³-hybridized carbons (Fsp3) is 0.227. The molecule has 0 saturated heterocycles. The molecule has 7 nitrogen and oxygen atoms in total. The SMILES string of the molecule is CC(C)C(NC(=O)c1nc(Cl)c2ccc(OCc3ccccc3)cc2c1O)C(=O)O. The summed E-state index contributed by atoms with van der Waals surface area (Å²) in [5.74, 6) is -2.29. The van der Waals surface area contributed by atoms with Crippen LogP contribution in [0.25, 0.3) is 10.8 Å². The Morgan fingerprint density at radius 1 is 1.13 bits per heavy atom. The van der Waals surface area contributed by atoms with E-state index in [1.54, 1.807) is 32.0 Å². The number of hydrogen-bond acceptors (Lipinski definition) is 5. The summed E-state index contributed by atoms with van der Waals surface area (Å²) in [6.07, 6.45) is 0. The highest BCUT2D eigenvalue weighted by Crippen LogP contribution is 2.34. The second-order valence-corrected chi connectivity index (χ2v) is 7.47. The van der Waals surface area contributed by atoms with Crippen molar-refractivity contribution in [2.45, 2.75) is 26.5 Å². The second kappa shape index (κ2) is 9.00. The predicted molar refractivity (Wildman–Crippen MR) is 113 cm³/mol. The van der Waals surface area contributed by atoms with Gasteiger partial charge < -0.3 is 20.3 Å². The van der Waals surface area contributed by atoms with Crippen LogP contribution in [-0.2, 0) is 11.4 Å². The minimum absolute atomic E-state index is 0.0129. The fourth-order valence-corrected chi connectivity index (χ4v) is 3.20. The van der Waals surface area contributed by atoms with Crippen molar-refractivity contribution in [2.75, 3.05) is 0 Å². The molecule has 2 aromatic carbocycles. The third-order valence-corrected chi connectivity index (χ3v) is 4.87. The van der Waals surface area contributed by atoms with Crippen molar-refractivity contribution in [1.29, 1.82) is 0 Å². The van der Waals surface area contributed by atoms with E-state index in [1.807, 2.05) is 30.3 Å². The molecule has 0 radical (unpaired) electrons. The molecule has 3 rings (SSSR count). The van der Waals surface area contributed by atoms with Crippen molar-refractivity contribution in [1.82, 2.24) is 10.3 Å².